The molecule has 0 heterocycles. The molecule has 0 radical (unpaired) electrons. The van der Waals surface area contributed by atoms with E-state index >= 15 is 0 Å². The molecular weight excluding hydrogens is 223 g/mol. The van der Waals surface area contributed by atoms with Crippen LogP contribution in [0.3, 0.4) is 0 Å². The van der Waals surface area contributed by atoms with Crippen LogP contribution >= 0.6 is 0 Å². The van der Waals surface area contributed by atoms with Crippen LogP contribution in [0.1, 0.15) is 32.6 Å². The fraction of sp³-hybridized carbons (Fsp3) is 0.900. The third-order valence-electron chi connectivity index (χ3n) is 1.85. The van der Waals surface area contributed by atoms with Gasteiger partial charge in [-0.1, -0.05) is 0 Å². The highest BCUT2D eigenvalue weighted by atomic mass is 19.4. The summed E-state index contributed by atoms with van der Waals surface area (Å²) < 4.78 is 39.9. The third kappa shape index (κ3) is 11.3. The molecule has 0 unspecified atom stereocenters. The van der Waals surface area contributed by atoms with Gasteiger partial charge in [0.15, 0.2) is 0 Å². The van der Waals surface area contributed by atoms with Crippen LogP contribution in [0.4, 0.5) is 13.2 Å². The van der Waals surface area contributed by atoms with E-state index in [9.17, 15) is 18.0 Å². The highest BCUT2D eigenvalue weighted by molar-refractivity contribution is 5.69. The fourth-order valence-corrected chi connectivity index (χ4v) is 1.13. The summed E-state index contributed by atoms with van der Waals surface area (Å²) >= 11 is 0. The molecule has 6 heteroatoms. The summed E-state index contributed by atoms with van der Waals surface area (Å²) in [5.41, 5.74) is 0. The molecule has 0 spiro atoms. The van der Waals surface area contributed by atoms with Crippen molar-refractivity contribution < 1.29 is 22.7 Å². The minimum absolute atomic E-state index is 0.0723. The minimum Gasteiger partial charge on any atom is -0.466 e. The Labute approximate surface area is 93.3 Å². The highest BCUT2D eigenvalue weighted by Crippen LogP contribution is 2.20. The zero-order chi connectivity index (χ0) is 12.4. The molecule has 0 aromatic carbocycles. The van der Waals surface area contributed by atoms with Crippen LogP contribution in [-0.4, -0.2) is 31.8 Å². The fourth-order valence-electron chi connectivity index (χ4n) is 1.13. The van der Waals surface area contributed by atoms with Gasteiger partial charge in [-0.15, -0.1) is 0 Å². The first-order valence-corrected chi connectivity index (χ1v) is 5.39. The summed E-state index contributed by atoms with van der Waals surface area (Å²) in [5.74, 6) is -0.264. The number of hydrogen-bond acceptors (Lipinski definition) is 3. The Bertz CT molecular complexity index is 195. The average Bonchev–Trinajstić information content (AvgIpc) is 2.15. The molecule has 0 saturated heterocycles. The second-order valence-electron chi connectivity index (χ2n) is 3.38. The van der Waals surface area contributed by atoms with Gasteiger partial charge in [-0.2, -0.15) is 13.2 Å². The van der Waals surface area contributed by atoms with E-state index < -0.39 is 12.6 Å². The lowest BCUT2D eigenvalue weighted by Gasteiger charge is -2.07. The molecule has 0 bridgehead atoms. The summed E-state index contributed by atoms with van der Waals surface area (Å²) in [7, 11) is 0. The SMILES string of the molecule is CCOC(=O)CCCNCCCC(F)(F)F. The van der Waals surface area contributed by atoms with Crippen LogP contribution in [0.2, 0.25) is 0 Å². The number of carbonyl (C=O) groups excluding carboxylic acids is 1. The number of alkyl halides is 3. The lowest BCUT2D eigenvalue weighted by atomic mass is 10.3. The van der Waals surface area contributed by atoms with Crippen molar-refractivity contribution in [3.05, 3.63) is 0 Å². The van der Waals surface area contributed by atoms with Crippen molar-refractivity contribution in [2.45, 2.75) is 38.8 Å². The largest absolute Gasteiger partial charge is 0.466 e. The second-order valence-corrected chi connectivity index (χ2v) is 3.38. The van der Waals surface area contributed by atoms with Crippen LogP contribution < -0.4 is 5.32 Å². The number of esters is 1. The molecule has 0 saturated carbocycles. The van der Waals surface area contributed by atoms with E-state index in [0.717, 1.165) is 0 Å². The Hall–Kier alpha value is -0.780. The van der Waals surface area contributed by atoms with Gasteiger partial charge in [0, 0.05) is 12.8 Å². The zero-order valence-corrected chi connectivity index (χ0v) is 9.40. The summed E-state index contributed by atoms with van der Waals surface area (Å²) in [6.07, 6.45) is -3.88. The Balaban J connectivity index is 3.19. The number of ether oxygens (including phenoxy) is 1. The van der Waals surface area contributed by atoms with E-state index in [1.165, 1.54) is 0 Å². The lowest BCUT2D eigenvalue weighted by Crippen LogP contribution is -2.20. The third-order valence-corrected chi connectivity index (χ3v) is 1.85. The maximum Gasteiger partial charge on any atom is 0.389 e. The average molecular weight is 241 g/mol. The van der Waals surface area contributed by atoms with Crippen LogP contribution in [0, 0.1) is 0 Å². The molecule has 0 amide bonds. The van der Waals surface area contributed by atoms with Crippen LogP contribution in [0.5, 0.6) is 0 Å². The van der Waals surface area contributed by atoms with E-state index in [4.69, 9.17) is 4.74 Å². The molecule has 3 nitrogen and oxygen atoms in total. The lowest BCUT2D eigenvalue weighted by molar-refractivity contribution is -0.143. The normalized spacial score (nSPS) is 11.5. The van der Waals surface area contributed by atoms with Crippen molar-refractivity contribution in [1.82, 2.24) is 5.32 Å². The molecule has 1 N–H and O–H groups in total. The molecular formula is C10H18F3NO2. The molecule has 96 valence electrons. The van der Waals surface area contributed by atoms with Crippen LogP contribution in [0.15, 0.2) is 0 Å². The molecule has 0 aliphatic rings. The van der Waals surface area contributed by atoms with Crippen molar-refractivity contribution in [1.29, 1.82) is 0 Å². The number of rotatable bonds is 8. The molecule has 16 heavy (non-hydrogen) atoms. The van der Waals surface area contributed by atoms with Gasteiger partial charge < -0.3 is 10.1 Å². The Morgan fingerprint density at radius 3 is 2.44 bits per heavy atom. The first kappa shape index (κ1) is 15.2. The van der Waals surface area contributed by atoms with Crippen LogP contribution in [-0.2, 0) is 9.53 Å². The molecule has 0 aromatic heterocycles. The number of hydrogen-bond donors (Lipinski definition) is 1. The molecule has 0 fully saturated rings. The van der Waals surface area contributed by atoms with E-state index in [1.807, 2.05) is 0 Å². The quantitative estimate of drug-likeness (QED) is 0.523. The highest BCUT2D eigenvalue weighted by Gasteiger charge is 2.25. The predicted octanol–water partition coefficient (Wildman–Crippen LogP) is 2.26. The van der Waals surface area contributed by atoms with Crippen molar-refractivity contribution >= 4 is 5.97 Å². The van der Waals surface area contributed by atoms with Crippen LogP contribution in [0.25, 0.3) is 0 Å². The van der Waals surface area contributed by atoms with Gasteiger partial charge in [0.25, 0.3) is 0 Å². The molecule has 0 aromatic rings. The van der Waals surface area contributed by atoms with Gasteiger partial charge in [-0.05, 0) is 32.9 Å². The standard InChI is InChI=1S/C10H18F3NO2/c1-2-16-9(15)5-3-7-14-8-4-6-10(11,12)13/h14H,2-8H2,1H3. The number of nitrogens with one attached hydrogen (secondary N) is 1. The Morgan fingerprint density at radius 1 is 1.25 bits per heavy atom. The van der Waals surface area contributed by atoms with Gasteiger partial charge in [0.05, 0.1) is 6.61 Å². The predicted molar refractivity (Wildman–Crippen MR) is 54.0 cm³/mol. The monoisotopic (exact) mass is 241 g/mol. The number of halogens is 3. The Morgan fingerprint density at radius 2 is 1.88 bits per heavy atom. The summed E-state index contributed by atoms with van der Waals surface area (Å²) in [4.78, 5) is 10.9. The topological polar surface area (TPSA) is 38.3 Å². The first-order chi connectivity index (χ1) is 7.45. The summed E-state index contributed by atoms with van der Waals surface area (Å²) in [5, 5.41) is 2.85. The van der Waals surface area contributed by atoms with Gasteiger partial charge in [-0.25, -0.2) is 0 Å². The molecule has 0 aliphatic heterocycles. The Kier molecular flexibility index (Phi) is 7.97. The van der Waals surface area contributed by atoms with E-state index in [1.54, 1.807) is 6.92 Å². The van der Waals surface area contributed by atoms with Crippen molar-refractivity contribution in [3.8, 4) is 0 Å². The van der Waals surface area contributed by atoms with E-state index in [0.29, 0.717) is 32.5 Å². The maximum absolute atomic E-state index is 11.7. The van der Waals surface area contributed by atoms with Crippen molar-refractivity contribution in [2.75, 3.05) is 19.7 Å². The van der Waals surface area contributed by atoms with Gasteiger partial charge in [0.2, 0.25) is 0 Å². The maximum atomic E-state index is 11.7. The second kappa shape index (κ2) is 8.38. The van der Waals surface area contributed by atoms with Crippen molar-refractivity contribution in [2.24, 2.45) is 0 Å². The smallest absolute Gasteiger partial charge is 0.389 e. The zero-order valence-electron chi connectivity index (χ0n) is 9.40. The van der Waals surface area contributed by atoms with E-state index in [2.05, 4.69) is 5.32 Å². The summed E-state index contributed by atoms with van der Waals surface area (Å²) in [6.45, 7) is 2.95. The van der Waals surface area contributed by atoms with Crippen molar-refractivity contribution in [3.63, 3.8) is 0 Å². The van der Waals surface area contributed by atoms with E-state index in [-0.39, 0.29) is 12.4 Å². The number of carbonyl (C=O) groups is 1. The van der Waals surface area contributed by atoms with Gasteiger partial charge in [0.1, 0.15) is 0 Å². The molecule has 0 rings (SSSR count). The minimum atomic E-state index is -4.08. The van der Waals surface area contributed by atoms with Gasteiger partial charge >= 0.3 is 12.1 Å². The molecule has 0 atom stereocenters. The van der Waals surface area contributed by atoms with Gasteiger partial charge in [-0.3, -0.25) is 4.79 Å². The first-order valence-electron chi connectivity index (χ1n) is 5.39. The summed E-state index contributed by atoms with van der Waals surface area (Å²) in [6, 6.07) is 0. The molecule has 0 aliphatic carbocycles.